The third-order valence-corrected chi connectivity index (χ3v) is 5.42. The molecule has 7 nitrogen and oxygen atoms in total. The summed E-state index contributed by atoms with van der Waals surface area (Å²) in [6.07, 6.45) is 6.05. The Bertz CT molecular complexity index is 831. The molecule has 2 aliphatic rings. The maximum atomic E-state index is 11.2. The van der Waals surface area contributed by atoms with Crippen molar-refractivity contribution >= 4 is 11.7 Å². The quantitative estimate of drug-likeness (QED) is 0.566. The lowest BCUT2D eigenvalue weighted by molar-refractivity contribution is -0.136. The molecule has 1 aromatic rings. The lowest BCUT2D eigenvalue weighted by Gasteiger charge is -2.37. The number of hydrazine groups is 1. The second-order valence-electron chi connectivity index (χ2n) is 7.11. The largest absolute Gasteiger partial charge is 0.496 e. The van der Waals surface area contributed by atoms with E-state index in [1.54, 1.807) is 7.11 Å². The number of carboxylic acids is 1. The van der Waals surface area contributed by atoms with Gasteiger partial charge in [0.15, 0.2) is 0 Å². The van der Waals surface area contributed by atoms with Gasteiger partial charge in [-0.05, 0) is 38.3 Å². The number of aliphatic hydroxyl groups is 1. The minimum atomic E-state index is -0.824. The van der Waals surface area contributed by atoms with Crippen molar-refractivity contribution in [2.45, 2.75) is 38.0 Å². The molecule has 1 atom stereocenters. The van der Waals surface area contributed by atoms with Gasteiger partial charge >= 0.3 is 5.97 Å². The Morgan fingerprint density at radius 2 is 2.07 bits per heavy atom. The van der Waals surface area contributed by atoms with E-state index >= 15 is 0 Å². The van der Waals surface area contributed by atoms with Crippen molar-refractivity contribution in [2.24, 2.45) is 5.10 Å². The maximum absolute atomic E-state index is 11.2. The molecule has 150 valence electrons. The molecule has 7 heteroatoms. The molecule has 0 amide bonds. The summed E-state index contributed by atoms with van der Waals surface area (Å²) in [5.41, 5.74) is 6.24. The number of fused-ring (bicyclic) bond motifs is 1. The predicted octanol–water partition coefficient (Wildman–Crippen LogP) is 2.59. The van der Waals surface area contributed by atoms with E-state index in [-0.39, 0.29) is 13.0 Å². The molecule has 0 saturated carbocycles. The molecule has 0 saturated heterocycles. The van der Waals surface area contributed by atoms with Gasteiger partial charge in [-0.15, -0.1) is 0 Å². The Kier molecular flexibility index (Phi) is 6.04. The molecule has 1 aliphatic carbocycles. The highest BCUT2D eigenvalue weighted by molar-refractivity contribution is 6.11. The summed E-state index contributed by atoms with van der Waals surface area (Å²) in [6.45, 7) is 2.96. The van der Waals surface area contributed by atoms with Crippen LogP contribution in [0.15, 0.2) is 52.8 Å². The number of benzene rings is 1. The molecule has 1 aliphatic heterocycles. The Balaban J connectivity index is 2.01. The molecular weight excluding hydrogens is 358 g/mol. The van der Waals surface area contributed by atoms with Crippen LogP contribution in [-0.2, 0) is 10.2 Å². The number of allylic oxidation sites excluding steroid dienone is 4. The third kappa shape index (κ3) is 3.62. The molecule has 1 heterocycles. The highest BCUT2D eigenvalue weighted by Gasteiger charge is 2.45. The monoisotopic (exact) mass is 385 g/mol. The average molecular weight is 385 g/mol. The summed E-state index contributed by atoms with van der Waals surface area (Å²) in [5, 5.41) is 24.8. The van der Waals surface area contributed by atoms with Gasteiger partial charge < -0.3 is 14.9 Å². The Morgan fingerprint density at radius 3 is 2.79 bits per heavy atom. The van der Waals surface area contributed by atoms with Gasteiger partial charge in [0.2, 0.25) is 0 Å². The number of hydrogen-bond acceptors (Lipinski definition) is 6. The topological polar surface area (TPSA) is 94.4 Å². The number of unbranched alkanes of at least 4 members (excludes halogenated alkanes) is 1. The molecule has 3 N–H and O–H groups in total. The molecule has 1 aromatic carbocycles. The highest BCUT2D eigenvalue weighted by atomic mass is 16.5. The fourth-order valence-electron chi connectivity index (χ4n) is 3.87. The molecule has 0 radical (unpaired) electrons. The van der Waals surface area contributed by atoms with E-state index in [1.165, 1.54) is 0 Å². The number of para-hydroxylation sites is 1. The molecule has 0 fully saturated rings. The molecule has 0 aromatic heterocycles. The fraction of sp³-hybridized carbons (Fsp3) is 0.429. The van der Waals surface area contributed by atoms with E-state index in [2.05, 4.69) is 17.6 Å². The van der Waals surface area contributed by atoms with E-state index in [4.69, 9.17) is 9.84 Å². The summed E-state index contributed by atoms with van der Waals surface area (Å²) >= 11 is 0. The van der Waals surface area contributed by atoms with Crippen molar-refractivity contribution < 1.29 is 19.7 Å². The van der Waals surface area contributed by atoms with E-state index in [9.17, 15) is 9.90 Å². The number of hydrogen-bond donors (Lipinski definition) is 3. The summed E-state index contributed by atoms with van der Waals surface area (Å²) in [6, 6.07) is 7.79. The predicted molar refractivity (Wildman–Crippen MR) is 107 cm³/mol. The minimum Gasteiger partial charge on any atom is -0.496 e. The van der Waals surface area contributed by atoms with Gasteiger partial charge in [0.05, 0.1) is 18.2 Å². The van der Waals surface area contributed by atoms with Crippen molar-refractivity contribution in [3.05, 3.63) is 53.3 Å². The molecule has 1 unspecified atom stereocenters. The van der Waals surface area contributed by atoms with Crippen LogP contribution in [0.4, 0.5) is 0 Å². The van der Waals surface area contributed by atoms with Crippen LogP contribution in [0.3, 0.4) is 0 Å². The van der Waals surface area contributed by atoms with Crippen molar-refractivity contribution in [1.82, 2.24) is 10.5 Å². The van der Waals surface area contributed by atoms with Gasteiger partial charge in [0, 0.05) is 25.1 Å². The first-order chi connectivity index (χ1) is 13.5. The van der Waals surface area contributed by atoms with E-state index in [0.717, 1.165) is 47.7 Å². The van der Waals surface area contributed by atoms with Crippen LogP contribution in [0.5, 0.6) is 5.75 Å². The first kappa shape index (κ1) is 19.9. The zero-order chi connectivity index (χ0) is 20.1. The highest BCUT2D eigenvalue weighted by Crippen LogP contribution is 2.45. The summed E-state index contributed by atoms with van der Waals surface area (Å²) in [7, 11) is 1.64. The van der Waals surface area contributed by atoms with Crippen LogP contribution in [0, 0.1) is 0 Å². The summed E-state index contributed by atoms with van der Waals surface area (Å²) in [4.78, 5) is 11.2. The summed E-state index contributed by atoms with van der Waals surface area (Å²) < 4.78 is 5.61. The SMILES string of the molecule is COc1ccccc1C1(C)C(CCC(=O)O)=CC=C2C1=NNN2CCCCO. The van der Waals surface area contributed by atoms with Crippen LogP contribution in [0.25, 0.3) is 0 Å². The maximum Gasteiger partial charge on any atom is 0.303 e. The second kappa shape index (κ2) is 8.48. The number of carboxylic acid groups (broad SMARTS) is 1. The Hall–Kier alpha value is -2.80. The lowest BCUT2D eigenvalue weighted by Crippen LogP contribution is -2.40. The number of hydrazone groups is 1. The number of methoxy groups -OCH3 is 1. The minimum absolute atomic E-state index is 0.0562. The van der Waals surface area contributed by atoms with Gasteiger partial charge in [0.25, 0.3) is 0 Å². The van der Waals surface area contributed by atoms with Crippen molar-refractivity contribution in [3.8, 4) is 5.75 Å². The Labute approximate surface area is 165 Å². The third-order valence-electron chi connectivity index (χ3n) is 5.42. The number of nitrogens with one attached hydrogen (secondary N) is 1. The van der Waals surface area contributed by atoms with Gasteiger partial charge in [0.1, 0.15) is 11.5 Å². The smallest absolute Gasteiger partial charge is 0.303 e. The van der Waals surface area contributed by atoms with E-state index in [1.807, 2.05) is 41.4 Å². The van der Waals surface area contributed by atoms with Gasteiger partial charge in [-0.25, -0.2) is 5.53 Å². The standard InChI is InChI=1S/C21H27N3O4/c1-21(16-7-3-4-8-18(16)28-2)15(10-12-19(26)27)9-11-17-20(21)22-23-24(17)13-5-6-14-25/h3-4,7-9,11,23,25H,5-6,10,12-14H2,1-2H3,(H,26,27). The number of aliphatic carboxylic acids is 1. The number of carbonyl (C=O) groups is 1. The number of ether oxygens (including phenoxy) is 1. The van der Waals surface area contributed by atoms with E-state index in [0.29, 0.717) is 6.42 Å². The average Bonchev–Trinajstić information content (AvgIpc) is 3.11. The van der Waals surface area contributed by atoms with Gasteiger partial charge in [-0.3, -0.25) is 9.80 Å². The Morgan fingerprint density at radius 1 is 1.29 bits per heavy atom. The van der Waals surface area contributed by atoms with E-state index < -0.39 is 11.4 Å². The van der Waals surface area contributed by atoms with Crippen LogP contribution in [-0.4, -0.2) is 47.2 Å². The summed E-state index contributed by atoms with van der Waals surface area (Å²) in [5.74, 6) is -0.0796. The molecule has 28 heavy (non-hydrogen) atoms. The first-order valence-corrected chi connectivity index (χ1v) is 9.51. The fourth-order valence-corrected chi connectivity index (χ4v) is 3.87. The normalized spacial score (nSPS) is 20.7. The lowest BCUT2D eigenvalue weighted by atomic mass is 9.67. The molecular formula is C21H27N3O4. The number of aliphatic hydroxyl groups excluding tert-OH is 1. The number of rotatable bonds is 9. The van der Waals surface area contributed by atoms with Crippen LogP contribution in [0.2, 0.25) is 0 Å². The van der Waals surface area contributed by atoms with Gasteiger partial charge in [-0.2, -0.15) is 5.10 Å². The van der Waals surface area contributed by atoms with Gasteiger partial charge in [-0.1, -0.05) is 29.8 Å². The number of nitrogens with zero attached hydrogens (tertiary/aromatic N) is 2. The molecule has 0 spiro atoms. The van der Waals surface area contributed by atoms with Crippen molar-refractivity contribution in [3.63, 3.8) is 0 Å². The van der Waals surface area contributed by atoms with Crippen molar-refractivity contribution in [2.75, 3.05) is 20.3 Å². The zero-order valence-electron chi connectivity index (χ0n) is 16.3. The molecule has 0 bridgehead atoms. The first-order valence-electron chi connectivity index (χ1n) is 9.51. The van der Waals surface area contributed by atoms with Crippen LogP contribution in [0.1, 0.15) is 38.2 Å². The molecule has 3 rings (SSSR count). The zero-order valence-corrected chi connectivity index (χ0v) is 16.3. The van der Waals surface area contributed by atoms with Crippen molar-refractivity contribution in [1.29, 1.82) is 0 Å². The van der Waals surface area contributed by atoms with Crippen LogP contribution < -0.4 is 10.3 Å². The van der Waals surface area contributed by atoms with Crippen LogP contribution >= 0.6 is 0 Å². The second-order valence-corrected chi connectivity index (χ2v) is 7.11.